The second-order valence-electron chi connectivity index (χ2n) is 8.30. The molecule has 1 saturated heterocycles. The number of carboxylic acids is 1. The van der Waals surface area contributed by atoms with Crippen LogP contribution in [0.2, 0.25) is 0 Å². The number of methoxy groups -OCH3 is 1. The summed E-state index contributed by atoms with van der Waals surface area (Å²) >= 11 is 1.61. The zero-order valence-corrected chi connectivity index (χ0v) is 21.0. The van der Waals surface area contributed by atoms with E-state index in [-0.39, 0.29) is 11.3 Å². The molecule has 0 spiro atoms. The van der Waals surface area contributed by atoms with Gasteiger partial charge in [-0.2, -0.15) is 0 Å². The minimum absolute atomic E-state index is 0.138. The number of morpholine rings is 1. The number of allylic oxidation sites excluding steroid dienone is 1. The molecule has 0 amide bonds. The number of hydrogen-bond donors (Lipinski definition) is 1. The molecule has 0 aliphatic carbocycles. The summed E-state index contributed by atoms with van der Waals surface area (Å²) in [7, 11) is 1.63. The predicted octanol–water partition coefficient (Wildman–Crippen LogP) is 5.12. The molecule has 3 aromatic rings. The largest absolute Gasteiger partial charge is 0.496 e. The second-order valence-corrected chi connectivity index (χ2v) is 9.25. The van der Waals surface area contributed by atoms with Crippen molar-refractivity contribution in [2.75, 3.05) is 46.6 Å². The van der Waals surface area contributed by atoms with Crippen LogP contribution in [0.15, 0.2) is 60.0 Å². The molecule has 2 aromatic carbocycles. The molecule has 1 aliphatic heterocycles. The number of carbonyl (C=O) groups is 2. The van der Waals surface area contributed by atoms with Crippen molar-refractivity contribution in [1.29, 1.82) is 0 Å². The van der Waals surface area contributed by atoms with Crippen molar-refractivity contribution in [2.45, 2.75) is 6.42 Å². The van der Waals surface area contributed by atoms with E-state index in [1.54, 1.807) is 24.5 Å². The number of rotatable bonds is 11. The zero-order valence-electron chi connectivity index (χ0n) is 20.1. The molecular weight excluding hydrogens is 478 g/mol. The Morgan fingerprint density at radius 2 is 1.83 bits per heavy atom. The summed E-state index contributed by atoms with van der Waals surface area (Å²) in [6.45, 7) is 4.88. The summed E-state index contributed by atoms with van der Waals surface area (Å²) < 4.78 is 17.2. The lowest BCUT2D eigenvalue weighted by molar-refractivity contribution is 0.0358. The van der Waals surface area contributed by atoms with Crippen LogP contribution >= 0.6 is 11.3 Å². The van der Waals surface area contributed by atoms with E-state index >= 15 is 0 Å². The van der Waals surface area contributed by atoms with Crippen LogP contribution in [0.25, 0.3) is 16.5 Å². The van der Waals surface area contributed by atoms with Gasteiger partial charge in [0.25, 0.3) is 0 Å². The molecule has 1 aromatic heterocycles. The smallest absolute Gasteiger partial charge is 0.335 e. The van der Waals surface area contributed by atoms with Crippen molar-refractivity contribution < 1.29 is 28.9 Å². The third-order valence-corrected chi connectivity index (χ3v) is 6.83. The van der Waals surface area contributed by atoms with Crippen molar-refractivity contribution in [1.82, 2.24) is 4.90 Å². The molecule has 1 N–H and O–H groups in total. The minimum atomic E-state index is -1.03. The van der Waals surface area contributed by atoms with Gasteiger partial charge in [-0.1, -0.05) is 18.2 Å². The van der Waals surface area contributed by atoms with Crippen LogP contribution < -0.4 is 9.47 Å². The first kappa shape index (κ1) is 25.6. The van der Waals surface area contributed by atoms with E-state index in [0.29, 0.717) is 23.7 Å². The summed E-state index contributed by atoms with van der Waals surface area (Å²) in [5, 5.41) is 11.1. The van der Waals surface area contributed by atoms with Gasteiger partial charge in [-0.3, -0.25) is 9.69 Å². The molecule has 0 unspecified atom stereocenters. The molecule has 0 saturated carbocycles. The van der Waals surface area contributed by atoms with Crippen LogP contribution in [0, 0.1) is 0 Å². The lowest BCUT2D eigenvalue weighted by Crippen LogP contribution is -2.37. The third-order valence-electron chi connectivity index (χ3n) is 5.93. The van der Waals surface area contributed by atoms with Crippen molar-refractivity contribution in [3.8, 4) is 21.9 Å². The van der Waals surface area contributed by atoms with E-state index in [0.717, 1.165) is 55.3 Å². The van der Waals surface area contributed by atoms with Crippen molar-refractivity contribution in [2.24, 2.45) is 0 Å². The van der Waals surface area contributed by atoms with Gasteiger partial charge in [0.1, 0.15) is 11.5 Å². The number of nitrogens with zero attached hydrogens (tertiary/aromatic N) is 1. The Morgan fingerprint density at radius 3 is 2.50 bits per heavy atom. The van der Waals surface area contributed by atoms with E-state index in [1.807, 2.05) is 29.6 Å². The summed E-state index contributed by atoms with van der Waals surface area (Å²) in [4.78, 5) is 27.3. The minimum Gasteiger partial charge on any atom is -0.496 e. The number of aromatic carboxylic acids is 1. The Balaban J connectivity index is 1.54. The number of carbonyl (C=O) groups excluding carboxylic acids is 1. The molecule has 2 heterocycles. The lowest BCUT2D eigenvalue weighted by atomic mass is 10.0. The van der Waals surface area contributed by atoms with E-state index < -0.39 is 5.97 Å². The molecule has 1 aliphatic rings. The van der Waals surface area contributed by atoms with Crippen LogP contribution in [0.5, 0.6) is 11.5 Å². The molecule has 36 heavy (non-hydrogen) atoms. The first-order valence-corrected chi connectivity index (χ1v) is 12.7. The average Bonchev–Trinajstić information content (AvgIpc) is 3.45. The van der Waals surface area contributed by atoms with Gasteiger partial charge in [-0.25, -0.2) is 4.79 Å². The van der Waals surface area contributed by atoms with Gasteiger partial charge < -0.3 is 19.3 Å². The Morgan fingerprint density at radius 1 is 1.08 bits per heavy atom. The number of benzene rings is 2. The standard InChI is InChI=1S/C28H29NO6S/c1-33-26-19-25(35-14-3-11-29-12-15-34-16-13-29)22(18-23(26)27-4-2-17-36-27)9-10-24(30)20-5-7-21(8-6-20)28(31)32/h2,4-10,17-19H,3,11-16H2,1H3,(H,31,32). The SMILES string of the molecule is COc1cc(OCCCN2CCOCC2)c(C=CC(=O)c2ccc(C(=O)O)cc2)cc1-c1cccs1. The maximum absolute atomic E-state index is 12.8. The van der Waals surface area contributed by atoms with Gasteiger partial charge in [0.2, 0.25) is 0 Å². The van der Waals surface area contributed by atoms with E-state index in [9.17, 15) is 9.59 Å². The Bertz CT molecular complexity index is 1200. The molecule has 188 valence electrons. The molecular formula is C28H29NO6S. The Labute approximate surface area is 214 Å². The van der Waals surface area contributed by atoms with Crippen LogP contribution in [-0.2, 0) is 4.74 Å². The van der Waals surface area contributed by atoms with Crippen molar-refractivity contribution in [3.63, 3.8) is 0 Å². The summed E-state index contributed by atoms with van der Waals surface area (Å²) in [6.07, 6.45) is 4.09. The number of carboxylic acid groups (broad SMARTS) is 1. The van der Waals surface area contributed by atoms with Crippen LogP contribution in [-0.4, -0.2) is 68.3 Å². The molecule has 0 bridgehead atoms. The number of thiophene rings is 1. The highest BCUT2D eigenvalue weighted by Crippen LogP contribution is 2.39. The maximum Gasteiger partial charge on any atom is 0.335 e. The molecule has 1 fully saturated rings. The van der Waals surface area contributed by atoms with Gasteiger partial charge in [-0.05, 0) is 48.2 Å². The van der Waals surface area contributed by atoms with Gasteiger partial charge in [0, 0.05) is 47.3 Å². The van der Waals surface area contributed by atoms with Crippen LogP contribution in [0.1, 0.15) is 32.7 Å². The fourth-order valence-corrected chi connectivity index (χ4v) is 4.71. The first-order chi connectivity index (χ1) is 17.5. The van der Waals surface area contributed by atoms with Gasteiger partial charge in [-0.15, -0.1) is 11.3 Å². The maximum atomic E-state index is 12.8. The number of ketones is 1. The topological polar surface area (TPSA) is 85.3 Å². The molecule has 0 radical (unpaired) electrons. The number of hydrogen-bond acceptors (Lipinski definition) is 7. The van der Waals surface area contributed by atoms with Crippen LogP contribution in [0.3, 0.4) is 0 Å². The van der Waals surface area contributed by atoms with Gasteiger partial charge in [0.15, 0.2) is 5.78 Å². The van der Waals surface area contributed by atoms with Gasteiger partial charge >= 0.3 is 5.97 Å². The average molecular weight is 508 g/mol. The predicted molar refractivity (Wildman–Crippen MR) is 140 cm³/mol. The molecule has 0 atom stereocenters. The van der Waals surface area contributed by atoms with E-state index in [2.05, 4.69) is 4.90 Å². The number of ether oxygens (including phenoxy) is 3. The van der Waals surface area contributed by atoms with Crippen molar-refractivity contribution >= 4 is 29.2 Å². The highest BCUT2D eigenvalue weighted by molar-refractivity contribution is 7.13. The highest BCUT2D eigenvalue weighted by atomic mass is 32.1. The second kappa shape index (κ2) is 12.5. The normalized spacial score (nSPS) is 14.1. The van der Waals surface area contributed by atoms with Gasteiger partial charge in [0.05, 0.1) is 32.5 Å². The molecule has 7 nitrogen and oxygen atoms in total. The third kappa shape index (κ3) is 6.60. The zero-order chi connectivity index (χ0) is 25.3. The summed E-state index contributed by atoms with van der Waals surface area (Å²) in [5.41, 5.74) is 2.24. The fraction of sp³-hybridized carbons (Fsp3) is 0.286. The lowest BCUT2D eigenvalue weighted by Gasteiger charge is -2.26. The molecule has 4 rings (SSSR count). The quantitative estimate of drug-likeness (QED) is 0.219. The van der Waals surface area contributed by atoms with Crippen molar-refractivity contribution in [3.05, 3.63) is 76.7 Å². The molecule has 8 heteroatoms. The summed E-state index contributed by atoms with van der Waals surface area (Å²) in [6, 6.07) is 13.7. The van der Waals surface area contributed by atoms with Crippen LogP contribution in [0.4, 0.5) is 0 Å². The van der Waals surface area contributed by atoms with E-state index in [1.165, 1.54) is 30.3 Å². The Kier molecular flexibility index (Phi) is 8.89. The highest BCUT2D eigenvalue weighted by Gasteiger charge is 2.15. The Hall–Kier alpha value is -3.46. The van der Waals surface area contributed by atoms with E-state index in [4.69, 9.17) is 19.3 Å². The monoisotopic (exact) mass is 507 g/mol. The fourth-order valence-electron chi connectivity index (χ4n) is 3.96. The first-order valence-electron chi connectivity index (χ1n) is 11.8. The summed E-state index contributed by atoms with van der Waals surface area (Å²) in [5.74, 6) is 0.0887.